The molecule has 0 spiro atoms. The Kier molecular flexibility index (Phi) is 4.94. The molecular weight excluding hydrogens is 336 g/mol. The molecule has 0 radical (unpaired) electrons. The van der Waals surface area contributed by atoms with Gasteiger partial charge in [-0.2, -0.15) is 0 Å². The maximum atomic E-state index is 12.3. The van der Waals surface area contributed by atoms with Gasteiger partial charge in [0, 0.05) is 27.3 Å². The van der Waals surface area contributed by atoms with Crippen molar-refractivity contribution in [2.75, 3.05) is 11.6 Å². The minimum atomic E-state index is -0.0960. The van der Waals surface area contributed by atoms with Crippen LogP contribution in [0.3, 0.4) is 0 Å². The van der Waals surface area contributed by atoms with Gasteiger partial charge in [-0.1, -0.05) is 0 Å². The second kappa shape index (κ2) is 6.50. The molecule has 2 aromatic rings. The van der Waals surface area contributed by atoms with Crippen molar-refractivity contribution in [1.29, 1.82) is 0 Å². The Balaban J connectivity index is 2.19. The molecule has 3 nitrogen and oxygen atoms in total. The van der Waals surface area contributed by atoms with Crippen molar-refractivity contribution in [1.82, 2.24) is 4.57 Å². The Morgan fingerprint density at radius 3 is 2.50 bits per heavy atom. The Morgan fingerprint density at radius 2 is 1.95 bits per heavy atom. The molecule has 0 aliphatic rings. The number of hydrogen-bond acceptors (Lipinski definition) is 2. The molecule has 5 heteroatoms. The topological polar surface area (TPSA) is 34.0 Å². The van der Waals surface area contributed by atoms with Crippen LogP contribution < -0.4 is 5.32 Å². The number of carbonyl (C=O) groups is 1. The molecule has 0 bridgehead atoms. The summed E-state index contributed by atoms with van der Waals surface area (Å²) < 4.78 is 2.87. The van der Waals surface area contributed by atoms with Crippen molar-refractivity contribution < 1.29 is 4.79 Å². The second-order valence-corrected chi connectivity index (χ2v) is 6.52. The van der Waals surface area contributed by atoms with E-state index in [2.05, 4.69) is 35.1 Å². The van der Waals surface area contributed by atoms with Gasteiger partial charge in [-0.05, 0) is 66.4 Å². The zero-order valence-electron chi connectivity index (χ0n) is 11.7. The number of halogens is 1. The fourth-order valence-corrected chi connectivity index (χ4v) is 2.77. The van der Waals surface area contributed by atoms with Crippen LogP contribution in [-0.2, 0) is 0 Å². The SMILES string of the molecule is CSc1ccc(NC(=O)c2cc(Br)cn2C(C)C)cc1. The lowest BCUT2D eigenvalue weighted by molar-refractivity contribution is 0.101. The van der Waals surface area contributed by atoms with Crippen molar-refractivity contribution in [3.8, 4) is 0 Å². The lowest BCUT2D eigenvalue weighted by Gasteiger charge is -2.12. The largest absolute Gasteiger partial charge is 0.340 e. The van der Waals surface area contributed by atoms with E-state index in [0.717, 1.165) is 10.2 Å². The van der Waals surface area contributed by atoms with Crippen LogP contribution in [0, 0.1) is 0 Å². The summed E-state index contributed by atoms with van der Waals surface area (Å²) >= 11 is 5.10. The van der Waals surface area contributed by atoms with Gasteiger partial charge >= 0.3 is 0 Å². The van der Waals surface area contributed by atoms with Crippen LogP contribution in [0.25, 0.3) is 0 Å². The molecule has 1 aromatic carbocycles. The maximum Gasteiger partial charge on any atom is 0.272 e. The fourth-order valence-electron chi connectivity index (χ4n) is 1.92. The summed E-state index contributed by atoms with van der Waals surface area (Å²) in [5, 5.41) is 2.93. The predicted molar refractivity (Wildman–Crippen MR) is 88.7 cm³/mol. The van der Waals surface area contributed by atoms with Crippen LogP contribution in [0.4, 0.5) is 5.69 Å². The summed E-state index contributed by atoms with van der Waals surface area (Å²) in [6.07, 6.45) is 3.96. The average Bonchev–Trinajstić information content (AvgIpc) is 2.82. The number of benzene rings is 1. The van der Waals surface area contributed by atoms with E-state index in [4.69, 9.17) is 0 Å². The first kappa shape index (κ1) is 15.2. The molecule has 0 aliphatic carbocycles. The molecule has 0 saturated heterocycles. The van der Waals surface area contributed by atoms with Crippen LogP contribution >= 0.6 is 27.7 Å². The quantitative estimate of drug-likeness (QED) is 0.801. The predicted octanol–water partition coefficient (Wildman–Crippen LogP) is 4.81. The standard InChI is InChI=1S/C15H17BrN2OS/c1-10(2)18-9-11(16)8-14(18)15(19)17-12-4-6-13(20-3)7-5-12/h4-10H,1-3H3,(H,17,19). The number of nitrogens with one attached hydrogen (secondary N) is 1. The zero-order valence-corrected chi connectivity index (χ0v) is 14.1. The molecule has 2 rings (SSSR count). The number of amides is 1. The van der Waals surface area contributed by atoms with Gasteiger partial charge in [0.2, 0.25) is 0 Å². The number of nitrogens with zero attached hydrogens (tertiary/aromatic N) is 1. The summed E-state index contributed by atoms with van der Waals surface area (Å²) in [6.45, 7) is 4.10. The van der Waals surface area contributed by atoms with Gasteiger partial charge in [0.15, 0.2) is 0 Å². The van der Waals surface area contributed by atoms with Gasteiger partial charge in [0.25, 0.3) is 5.91 Å². The fraction of sp³-hybridized carbons (Fsp3) is 0.267. The van der Waals surface area contributed by atoms with Crippen molar-refractivity contribution in [2.45, 2.75) is 24.8 Å². The zero-order chi connectivity index (χ0) is 14.7. The minimum Gasteiger partial charge on any atom is -0.340 e. The number of rotatable bonds is 4. The molecular formula is C15H17BrN2OS. The van der Waals surface area contributed by atoms with Crippen LogP contribution in [-0.4, -0.2) is 16.7 Å². The molecule has 0 aliphatic heterocycles. The van der Waals surface area contributed by atoms with Gasteiger partial charge in [-0.25, -0.2) is 0 Å². The molecule has 1 amide bonds. The summed E-state index contributed by atoms with van der Waals surface area (Å²) in [5.41, 5.74) is 1.46. The number of thioether (sulfide) groups is 1. The molecule has 0 fully saturated rings. The maximum absolute atomic E-state index is 12.3. The first-order chi connectivity index (χ1) is 9.51. The summed E-state index contributed by atoms with van der Waals surface area (Å²) in [4.78, 5) is 13.5. The summed E-state index contributed by atoms with van der Waals surface area (Å²) in [7, 11) is 0. The average molecular weight is 353 g/mol. The molecule has 0 saturated carbocycles. The Labute approximate surface area is 131 Å². The van der Waals surface area contributed by atoms with Crippen LogP contribution in [0.5, 0.6) is 0 Å². The van der Waals surface area contributed by atoms with Gasteiger partial charge < -0.3 is 9.88 Å². The third kappa shape index (κ3) is 3.46. The number of aromatic nitrogens is 1. The second-order valence-electron chi connectivity index (χ2n) is 4.73. The van der Waals surface area contributed by atoms with Crippen molar-refractivity contribution in [3.63, 3.8) is 0 Å². The Hall–Kier alpha value is -1.20. The highest BCUT2D eigenvalue weighted by atomic mass is 79.9. The molecule has 1 aromatic heterocycles. The minimum absolute atomic E-state index is 0.0960. The van der Waals surface area contributed by atoms with Crippen LogP contribution in [0.1, 0.15) is 30.4 Å². The molecule has 0 atom stereocenters. The Bertz CT molecular complexity index is 605. The van der Waals surface area contributed by atoms with Gasteiger partial charge in [-0.15, -0.1) is 11.8 Å². The monoisotopic (exact) mass is 352 g/mol. The Morgan fingerprint density at radius 1 is 1.30 bits per heavy atom. The first-order valence-electron chi connectivity index (χ1n) is 6.34. The molecule has 1 N–H and O–H groups in total. The van der Waals surface area contributed by atoms with E-state index in [0.29, 0.717) is 5.69 Å². The van der Waals surface area contributed by atoms with Gasteiger partial charge in [0.05, 0.1) is 0 Å². The third-order valence-electron chi connectivity index (χ3n) is 2.95. The van der Waals surface area contributed by atoms with Crippen molar-refractivity contribution in [2.24, 2.45) is 0 Å². The van der Waals surface area contributed by atoms with Gasteiger partial charge in [0.1, 0.15) is 5.69 Å². The van der Waals surface area contributed by atoms with E-state index >= 15 is 0 Å². The highest BCUT2D eigenvalue weighted by Gasteiger charge is 2.15. The smallest absolute Gasteiger partial charge is 0.272 e. The number of hydrogen-bond donors (Lipinski definition) is 1. The van der Waals surface area contributed by atoms with E-state index in [9.17, 15) is 4.79 Å². The normalized spacial score (nSPS) is 10.8. The molecule has 0 unspecified atom stereocenters. The molecule has 20 heavy (non-hydrogen) atoms. The number of anilines is 1. The van der Waals surface area contributed by atoms with Crippen LogP contribution in [0.15, 0.2) is 45.9 Å². The van der Waals surface area contributed by atoms with E-state index in [-0.39, 0.29) is 11.9 Å². The lowest BCUT2D eigenvalue weighted by atomic mass is 10.3. The lowest BCUT2D eigenvalue weighted by Crippen LogP contribution is -2.17. The molecule has 1 heterocycles. The number of carbonyl (C=O) groups excluding carboxylic acids is 1. The third-order valence-corrected chi connectivity index (χ3v) is 4.13. The van der Waals surface area contributed by atoms with Gasteiger partial charge in [-0.3, -0.25) is 4.79 Å². The first-order valence-corrected chi connectivity index (χ1v) is 8.36. The molecule has 106 valence electrons. The van der Waals surface area contributed by atoms with E-state index in [1.165, 1.54) is 4.90 Å². The van der Waals surface area contributed by atoms with Crippen LogP contribution in [0.2, 0.25) is 0 Å². The highest BCUT2D eigenvalue weighted by molar-refractivity contribution is 9.10. The summed E-state index contributed by atoms with van der Waals surface area (Å²) in [6, 6.07) is 9.91. The van der Waals surface area contributed by atoms with E-state index < -0.39 is 0 Å². The summed E-state index contributed by atoms with van der Waals surface area (Å²) in [5.74, 6) is -0.0960. The van der Waals surface area contributed by atoms with E-state index in [1.807, 2.05) is 47.4 Å². The van der Waals surface area contributed by atoms with E-state index in [1.54, 1.807) is 11.8 Å². The highest BCUT2D eigenvalue weighted by Crippen LogP contribution is 2.22. The van der Waals surface area contributed by atoms with Crippen molar-refractivity contribution in [3.05, 3.63) is 46.7 Å². The van der Waals surface area contributed by atoms with Crippen molar-refractivity contribution >= 4 is 39.3 Å².